The van der Waals surface area contributed by atoms with E-state index in [1.165, 1.54) is 18.0 Å². The molecule has 1 aliphatic rings. The van der Waals surface area contributed by atoms with Crippen molar-refractivity contribution in [2.75, 3.05) is 12.3 Å². The molecule has 2 aromatic heterocycles. The molecule has 0 spiro atoms. The Morgan fingerprint density at radius 1 is 1.46 bits per heavy atom. The molecule has 0 saturated carbocycles. The van der Waals surface area contributed by atoms with Crippen molar-refractivity contribution >= 4 is 40.3 Å². The molecule has 0 radical (unpaired) electrons. The molecule has 26 heavy (non-hydrogen) atoms. The molecule has 1 unspecified atom stereocenters. The lowest BCUT2D eigenvalue weighted by Gasteiger charge is -2.13. The number of fused-ring (bicyclic) bond motifs is 2. The maximum absolute atomic E-state index is 13.0. The molecule has 7 nitrogen and oxygen atoms in total. The predicted octanol–water partition coefficient (Wildman–Crippen LogP) is 2.41. The van der Waals surface area contributed by atoms with E-state index in [0.717, 1.165) is 5.69 Å². The summed E-state index contributed by atoms with van der Waals surface area (Å²) in [5.74, 6) is 0.587. The maximum Gasteiger partial charge on any atom is 0.265 e. The summed E-state index contributed by atoms with van der Waals surface area (Å²) in [6, 6.07) is 7.03. The average Bonchev–Trinajstić information content (AvgIpc) is 3.20. The van der Waals surface area contributed by atoms with Crippen LogP contribution in [0.25, 0.3) is 16.7 Å². The van der Waals surface area contributed by atoms with Crippen LogP contribution < -0.4 is 10.9 Å². The van der Waals surface area contributed by atoms with E-state index in [2.05, 4.69) is 15.4 Å². The van der Waals surface area contributed by atoms with Gasteiger partial charge in [0.1, 0.15) is 5.39 Å². The lowest BCUT2D eigenvalue weighted by molar-refractivity contribution is -0.121. The van der Waals surface area contributed by atoms with E-state index in [-0.39, 0.29) is 23.9 Å². The highest BCUT2D eigenvalue weighted by Gasteiger charge is 2.29. The van der Waals surface area contributed by atoms with Gasteiger partial charge in [-0.25, -0.2) is 9.67 Å². The summed E-state index contributed by atoms with van der Waals surface area (Å²) in [7, 11) is 0. The number of amides is 1. The standard InChI is InChI=1S/C17H16ClN5O2S/c1-2-19-14(24)7-12-9-26-17-21-15-13(16(25)22(12)17)8-20-23(15)11-5-3-4-10(18)6-11/h3-6,8,12H,2,7,9H2,1H3,(H,19,24). The monoisotopic (exact) mass is 389 g/mol. The van der Waals surface area contributed by atoms with E-state index in [1.54, 1.807) is 21.4 Å². The van der Waals surface area contributed by atoms with Crippen molar-refractivity contribution in [1.29, 1.82) is 0 Å². The highest BCUT2D eigenvalue weighted by molar-refractivity contribution is 7.99. The normalized spacial score (nSPS) is 16.0. The van der Waals surface area contributed by atoms with Gasteiger partial charge < -0.3 is 5.32 Å². The van der Waals surface area contributed by atoms with Crippen LogP contribution >= 0.6 is 23.4 Å². The highest BCUT2D eigenvalue weighted by atomic mass is 35.5. The molecule has 9 heteroatoms. The number of carbonyl (C=O) groups excluding carboxylic acids is 1. The maximum atomic E-state index is 13.0. The van der Waals surface area contributed by atoms with Gasteiger partial charge in [-0.1, -0.05) is 29.4 Å². The third kappa shape index (κ3) is 2.89. The molecular formula is C17H16ClN5O2S. The molecule has 3 heterocycles. The Bertz CT molecular complexity index is 1060. The summed E-state index contributed by atoms with van der Waals surface area (Å²) in [4.78, 5) is 29.5. The van der Waals surface area contributed by atoms with E-state index in [1.807, 2.05) is 19.1 Å². The Hall–Kier alpha value is -2.32. The van der Waals surface area contributed by atoms with Crippen molar-refractivity contribution < 1.29 is 4.79 Å². The number of carbonyl (C=O) groups is 1. The Kier molecular flexibility index (Phi) is 4.46. The minimum atomic E-state index is -0.194. The van der Waals surface area contributed by atoms with Gasteiger partial charge >= 0.3 is 0 Å². The second-order valence-electron chi connectivity index (χ2n) is 5.97. The Balaban J connectivity index is 1.79. The van der Waals surface area contributed by atoms with Crippen LogP contribution in [0.1, 0.15) is 19.4 Å². The lowest BCUT2D eigenvalue weighted by atomic mass is 10.2. The van der Waals surface area contributed by atoms with Gasteiger partial charge in [-0.2, -0.15) is 5.10 Å². The molecule has 1 N–H and O–H groups in total. The molecular weight excluding hydrogens is 374 g/mol. The molecule has 4 rings (SSSR count). The summed E-state index contributed by atoms with van der Waals surface area (Å²) in [5, 5.41) is 8.72. The minimum absolute atomic E-state index is 0.0624. The number of aromatic nitrogens is 4. The average molecular weight is 390 g/mol. The fourth-order valence-corrected chi connectivity index (χ4v) is 4.38. The number of benzene rings is 1. The number of nitrogens with one attached hydrogen (secondary N) is 1. The number of nitrogens with zero attached hydrogens (tertiary/aromatic N) is 4. The van der Waals surface area contributed by atoms with Crippen molar-refractivity contribution in [1.82, 2.24) is 24.6 Å². The van der Waals surface area contributed by atoms with Crippen molar-refractivity contribution in [2.24, 2.45) is 0 Å². The van der Waals surface area contributed by atoms with E-state index < -0.39 is 0 Å². The quantitative estimate of drug-likeness (QED) is 0.693. The first-order chi connectivity index (χ1) is 12.6. The van der Waals surface area contributed by atoms with Gasteiger partial charge in [0.25, 0.3) is 5.56 Å². The van der Waals surface area contributed by atoms with E-state index in [4.69, 9.17) is 11.6 Å². The molecule has 1 amide bonds. The molecule has 0 aliphatic carbocycles. The number of hydrogen-bond acceptors (Lipinski definition) is 5. The van der Waals surface area contributed by atoms with Gasteiger partial charge in [0.05, 0.1) is 17.9 Å². The molecule has 1 aromatic carbocycles. The molecule has 0 fully saturated rings. The topological polar surface area (TPSA) is 81.8 Å². The van der Waals surface area contributed by atoms with Crippen LogP contribution in [0.15, 0.2) is 40.4 Å². The first kappa shape index (κ1) is 17.1. The fourth-order valence-electron chi connectivity index (χ4n) is 3.06. The largest absolute Gasteiger partial charge is 0.356 e. The lowest BCUT2D eigenvalue weighted by Crippen LogP contribution is -2.30. The molecule has 134 valence electrons. The summed E-state index contributed by atoms with van der Waals surface area (Å²) >= 11 is 7.54. The minimum Gasteiger partial charge on any atom is -0.356 e. The second kappa shape index (κ2) is 6.77. The predicted molar refractivity (Wildman–Crippen MR) is 101 cm³/mol. The number of thioether (sulfide) groups is 1. The molecule has 0 bridgehead atoms. The second-order valence-corrected chi connectivity index (χ2v) is 7.39. The van der Waals surface area contributed by atoms with Crippen LogP contribution in [0.5, 0.6) is 0 Å². The van der Waals surface area contributed by atoms with E-state index in [9.17, 15) is 9.59 Å². The smallest absolute Gasteiger partial charge is 0.265 e. The van der Waals surface area contributed by atoms with Crippen molar-refractivity contribution in [3.05, 3.63) is 45.8 Å². The first-order valence-electron chi connectivity index (χ1n) is 8.24. The highest BCUT2D eigenvalue weighted by Crippen LogP contribution is 2.33. The van der Waals surface area contributed by atoms with Gasteiger partial charge in [-0.3, -0.25) is 14.2 Å². The molecule has 1 aliphatic heterocycles. The van der Waals surface area contributed by atoms with Crippen LogP contribution in [0.2, 0.25) is 5.02 Å². The zero-order valence-corrected chi connectivity index (χ0v) is 15.5. The van der Waals surface area contributed by atoms with E-state index >= 15 is 0 Å². The van der Waals surface area contributed by atoms with Gasteiger partial charge in [-0.15, -0.1) is 0 Å². The molecule has 3 aromatic rings. The summed E-state index contributed by atoms with van der Waals surface area (Å²) in [6.45, 7) is 2.45. The molecule has 0 saturated heterocycles. The Labute approximate surface area is 158 Å². The fraction of sp³-hybridized carbons (Fsp3) is 0.294. The summed E-state index contributed by atoms with van der Waals surface area (Å²) in [5.41, 5.74) is 1.07. The number of rotatable bonds is 4. The number of halogens is 1. The van der Waals surface area contributed by atoms with Gasteiger partial charge in [-0.05, 0) is 25.1 Å². The van der Waals surface area contributed by atoms with Crippen molar-refractivity contribution in [3.8, 4) is 5.69 Å². The Morgan fingerprint density at radius 3 is 3.08 bits per heavy atom. The SMILES string of the molecule is CCNC(=O)CC1CSc2nc3c(cnn3-c3cccc(Cl)c3)c(=O)n21. The number of hydrogen-bond donors (Lipinski definition) is 1. The third-order valence-electron chi connectivity index (χ3n) is 4.22. The first-order valence-corrected chi connectivity index (χ1v) is 9.60. The zero-order chi connectivity index (χ0) is 18.3. The van der Waals surface area contributed by atoms with Gasteiger partial charge in [0.2, 0.25) is 5.91 Å². The van der Waals surface area contributed by atoms with Gasteiger partial charge in [0.15, 0.2) is 10.8 Å². The van der Waals surface area contributed by atoms with Crippen LogP contribution in [-0.2, 0) is 4.79 Å². The van der Waals surface area contributed by atoms with E-state index in [0.29, 0.717) is 33.5 Å². The summed E-state index contributed by atoms with van der Waals surface area (Å²) < 4.78 is 3.23. The van der Waals surface area contributed by atoms with Crippen LogP contribution in [0.4, 0.5) is 0 Å². The molecule has 1 atom stereocenters. The third-order valence-corrected chi connectivity index (χ3v) is 5.55. The zero-order valence-electron chi connectivity index (χ0n) is 14.0. The van der Waals surface area contributed by atoms with Crippen molar-refractivity contribution in [3.63, 3.8) is 0 Å². The summed E-state index contributed by atoms with van der Waals surface area (Å²) in [6.07, 6.45) is 1.79. The van der Waals surface area contributed by atoms with Gasteiger partial charge in [0, 0.05) is 23.7 Å². The van der Waals surface area contributed by atoms with Crippen LogP contribution in [0, 0.1) is 0 Å². The van der Waals surface area contributed by atoms with Crippen molar-refractivity contribution in [2.45, 2.75) is 24.5 Å². The Morgan fingerprint density at radius 2 is 2.31 bits per heavy atom. The van der Waals surface area contributed by atoms with Crippen LogP contribution in [-0.4, -0.2) is 37.5 Å². The van der Waals surface area contributed by atoms with Crippen LogP contribution in [0.3, 0.4) is 0 Å².